The summed E-state index contributed by atoms with van der Waals surface area (Å²) in [7, 11) is 0. The number of nitrogens with zero attached hydrogens (tertiary/aromatic N) is 2. The van der Waals surface area contributed by atoms with E-state index in [9.17, 15) is 13.6 Å². The van der Waals surface area contributed by atoms with Crippen LogP contribution in [0.5, 0.6) is 0 Å². The number of carbonyl (C=O) groups is 1. The molecule has 1 fully saturated rings. The largest absolute Gasteiger partial charge is 0.466 e. The molecule has 1 saturated heterocycles. The molecule has 1 heterocycles. The number of piperidine rings is 1. The minimum Gasteiger partial charge on any atom is -0.466 e. The highest BCUT2D eigenvalue weighted by Gasteiger charge is 2.27. The van der Waals surface area contributed by atoms with Gasteiger partial charge in [0.05, 0.1) is 12.5 Å². The molecule has 0 amide bonds. The lowest BCUT2D eigenvalue weighted by atomic mass is 9.97. The standard InChI is InChI=1S/C20H29F2N3O2/c1-4-23-20(25-10-8-15(9-11-25)19(26)27-5-2)24-13-14(3)16-6-7-17(21)18(22)12-16/h6-7,12,14-15H,4-5,8-11,13H2,1-3H3,(H,23,24). The van der Waals surface area contributed by atoms with Gasteiger partial charge in [-0.3, -0.25) is 9.79 Å². The molecule has 0 spiro atoms. The molecule has 0 aliphatic carbocycles. The molecule has 1 unspecified atom stereocenters. The van der Waals surface area contributed by atoms with Gasteiger partial charge in [0.2, 0.25) is 0 Å². The van der Waals surface area contributed by atoms with Crippen molar-refractivity contribution in [3.8, 4) is 0 Å². The van der Waals surface area contributed by atoms with Crippen LogP contribution in [0.2, 0.25) is 0 Å². The van der Waals surface area contributed by atoms with Crippen LogP contribution in [-0.4, -0.2) is 49.6 Å². The van der Waals surface area contributed by atoms with E-state index in [-0.39, 0.29) is 17.8 Å². The highest BCUT2D eigenvalue weighted by molar-refractivity contribution is 5.80. The normalized spacial score (nSPS) is 16.9. The first kappa shape index (κ1) is 21.1. The Balaban J connectivity index is 1.97. The van der Waals surface area contributed by atoms with Crippen LogP contribution in [0.1, 0.15) is 45.1 Å². The van der Waals surface area contributed by atoms with Crippen LogP contribution in [-0.2, 0) is 9.53 Å². The van der Waals surface area contributed by atoms with Crippen LogP contribution in [0.15, 0.2) is 23.2 Å². The monoisotopic (exact) mass is 381 g/mol. The van der Waals surface area contributed by atoms with E-state index in [2.05, 4.69) is 15.2 Å². The maximum atomic E-state index is 13.4. The van der Waals surface area contributed by atoms with Gasteiger partial charge in [0.25, 0.3) is 0 Å². The lowest BCUT2D eigenvalue weighted by Crippen LogP contribution is -2.46. The topological polar surface area (TPSA) is 53.9 Å². The molecule has 27 heavy (non-hydrogen) atoms. The van der Waals surface area contributed by atoms with E-state index in [0.29, 0.717) is 13.2 Å². The number of likely N-dealkylation sites (tertiary alicyclic amines) is 1. The molecule has 1 aromatic carbocycles. The fraction of sp³-hybridized carbons (Fsp3) is 0.600. The number of hydrogen-bond donors (Lipinski definition) is 1. The predicted molar refractivity (Wildman–Crippen MR) is 102 cm³/mol. The van der Waals surface area contributed by atoms with Crippen LogP contribution in [0.3, 0.4) is 0 Å². The number of halogens is 2. The summed E-state index contributed by atoms with van der Waals surface area (Å²) in [5.41, 5.74) is 0.717. The van der Waals surface area contributed by atoms with Gasteiger partial charge in [-0.25, -0.2) is 8.78 Å². The van der Waals surface area contributed by atoms with Crippen molar-refractivity contribution in [1.82, 2.24) is 10.2 Å². The van der Waals surface area contributed by atoms with E-state index in [4.69, 9.17) is 4.74 Å². The van der Waals surface area contributed by atoms with Gasteiger partial charge < -0.3 is 15.0 Å². The molecule has 1 aromatic rings. The van der Waals surface area contributed by atoms with Crippen molar-refractivity contribution in [2.45, 2.75) is 39.5 Å². The summed E-state index contributed by atoms with van der Waals surface area (Å²) in [6, 6.07) is 3.97. The zero-order chi connectivity index (χ0) is 19.8. The summed E-state index contributed by atoms with van der Waals surface area (Å²) in [5.74, 6) is -1.10. The van der Waals surface area contributed by atoms with Crippen LogP contribution in [0, 0.1) is 17.6 Å². The Bertz CT molecular complexity index is 659. The number of aliphatic imine (C=N–C) groups is 1. The average Bonchev–Trinajstić information content (AvgIpc) is 2.67. The summed E-state index contributed by atoms with van der Waals surface area (Å²) in [4.78, 5) is 18.7. The zero-order valence-corrected chi connectivity index (χ0v) is 16.3. The van der Waals surface area contributed by atoms with E-state index in [1.165, 1.54) is 6.07 Å². The third kappa shape index (κ3) is 5.91. The fourth-order valence-electron chi connectivity index (χ4n) is 3.16. The molecule has 1 aliphatic heterocycles. The van der Waals surface area contributed by atoms with Crippen LogP contribution < -0.4 is 5.32 Å². The van der Waals surface area contributed by atoms with Gasteiger partial charge in [0.15, 0.2) is 17.6 Å². The van der Waals surface area contributed by atoms with Crippen LogP contribution in [0.4, 0.5) is 8.78 Å². The number of rotatable bonds is 6. The van der Waals surface area contributed by atoms with Crippen molar-refractivity contribution in [3.05, 3.63) is 35.4 Å². The van der Waals surface area contributed by atoms with E-state index in [1.54, 1.807) is 6.07 Å². The molecule has 0 aromatic heterocycles. The summed E-state index contributed by atoms with van der Waals surface area (Å²) in [6.45, 7) is 8.82. The lowest BCUT2D eigenvalue weighted by Gasteiger charge is -2.33. The van der Waals surface area contributed by atoms with Crippen molar-refractivity contribution in [1.29, 1.82) is 0 Å². The maximum absolute atomic E-state index is 13.4. The SMILES string of the molecule is CCNC(=NCC(C)c1ccc(F)c(F)c1)N1CCC(C(=O)OCC)CC1. The number of esters is 1. The molecule has 0 radical (unpaired) electrons. The van der Waals surface area contributed by atoms with Gasteiger partial charge in [-0.2, -0.15) is 0 Å². The van der Waals surface area contributed by atoms with E-state index in [0.717, 1.165) is 50.1 Å². The second kappa shape index (κ2) is 10.2. The molecule has 0 bridgehead atoms. The van der Waals surface area contributed by atoms with Crippen LogP contribution >= 0.6 is 0 Å². The molecule has 5 nitrogen and oxygen atoms in total. The predicted octanol–water partition coefficient (Wildman–Crippen LogP) is 3.31. The molecular weight excluding hydrogens is 352 g/mol. The summed E-state index contributed by atoms with van der Waals surface area (Å²) < 4.78 is 31.7. The zero-order valence-electron chi connectivity index (χ0n) is 16.3. The Morgan fingerprint density at radius 1 is 1.30 bits per heavy atom. The van der Waals surface area contributed by atoms with E-state index < -0.39 is 11.6 Å². The Morgan fingerprint density at radius 3 is 2.59 bits per heavy atom. The van der Waals surface area contributed by atoms with Gasteiger partial charge in [-0.1, -0.05) is 13.0 Å². The third-order valence-corrected chi connectivity index (χ3v) is 4.78. The summed E-state index contributed by atoms with van der Waals surface area (Å²) >= 11 is 0. The second-order valence-electron chi connectivity index (χ2n) is 6.78. The van der Waals surface area contributed by atoms with Crippen molar-refractivity contribution >= 4 is 11.9 Å². The minimum atomic E-state index is -0.840. The Kier molecular flexibility index (Phi) is 8.00. The van der Waals surface area contributed by atoms with Crippen molar-refractivity contribution in [3.63, 3.8) is 0 Å². The molecule has 0 saturated carbocycles. The number of ether oxygens (including phenoxy) is 1. The van der Waals surface area contributed by atoms with Crippen molar-refractivity contribution < 1.29 is 18.3 Å². The van der Waals surface area contributed by atoms with E-state index in [1.807, 2.05) is 20.8 Å². The maximum Gasteiger partial charge on any atom is 0.309 e. The van der Waals surface area contributed by atoms with Crippen molar-refractivity contribution in [2.75, 3.05) is 32.8 Å². The highest BCUT2D eigenvalue weighted by atomic mass is 19.2. The Hall–Kier alpha value is -2.18. The van der Waals surface area contributed by atoms with E-state index >= 15 is 0 Å². The first-order chi connectivity index (χ1) is 13.0. The van der Waals surface area contributed by atoms with Gasteiger partial charge in [-0.15, -0.1) is 0 Å². The number of carbonyl (C=O) groups excluding carboxylic acids is 1. The molecule has 1 atom stereocenters. The van der Waals surface area contributed by atoms with Gasteiger partial charge in [0, 0.05) is 32.1 Å². The molecular formula is C20H29F2N3O2. The molecule has 150 valence electrons. The van der Waals surface area contributed by atoms with Gasteiger partial charge in [-0.05, 0) is 44.4 Å². The number of guanidine groups is 1. The number of benzene rings is 1. The number of hydrogen-bond acceptors (Lipinski definition) is 3. The van der Waals surface area contributed by atoms with Gasteiger partial charge in [0.1, 0.15) is 0 Å². The third-order valence-electron chi connectivity index (χ3n) is 4.78. The smallest absolute Gasteiger partial charge is 0.309 e. The molecule has 7 heteroatoms. The quantitative estimate of drug-likeness (QED) is 0.467. The van der Waals surface area contributed by atoms with Crippen LogP contribution in [0.25, 0.3) is 0 Å². The average molecular weight is 381 g/mol. The first-order valence-corrected chi connectivity index (χ1v) is 9.61. The minimum absolute atomic E-state index is 0.0363. The summed E-state index contributed by atoms with van der Waals surface area (Å²) in [5, 5.41) is 3.27. The number of nitrogens with one attached hydrogen (secondary N) is 1. The summed E-state index contributed by atoms with van der Waals surface area (Å²) in [6.07, 6.45) is 1.48. The Morgan fingerprint density at radius 2 is 2.00 bits per heavy atom. The first-order valence-electron chi connectivity index (χ1n) is 9.61. The molecule has 1 N–H and O–H groups in total. The molecule has 1 aliphatic rings. The fourth-order valence-corrected chi connectivity index (χ4v) is 3.16. The van der Waals surface area contributed by atoms with Gasteiger partial charge >= 0.3 is 5.97 Å². The second-order valence-corrected chi connectivity index (χ2v) is 6.78. The highest BCUT2D eigenvalue weighted by Crippen LogP contribution is 2.21. The lowest BCUT2D eigenvalue weighted by molar-refractivity contribution is -0.149. The van der Waals surface area contributed by atoms with Crippen molar-refractivity contribution in [2.24, 2.45) is 10.9 Å². The Labute approximate surface area is 159 Å². The molecule has 2 rings (SSSR count).